The SMILES string of the molecule is CCN1C(=O)/C(=c2/[nH][nH]c(=O)/c2=C\c2cccs2)C(=O)c2ccccc21. The number of para-hydroxylation sites is 1. The Kier molecular flexibility index (Phi) is 3.93. The summed E-state index contributed by atoms with van der Waals surface area (Å²) in [5.74, 6) is -0.793. The summed E-state index contributed by atoms with van der Waals surface area (Å²) in [7, 11) is 0. The number of hydrogen-bond donors (Lipinski definition) is 2. The lowest BCUT2D eigenvalue weighted by atomic mass is 9.94. The van der Waals surface area contributed by atoms with Crippen molar-refractivity contribution in [1.29, 1.82) is 0 Å². The Hall–Kier alpha value is -3.19. The maximum Gasteiger partial charge on any atom is 0.271 e. The molecule has 1 aliphatic rings. The van der Waals surface area contributed by atoms with Gasteiger partial charge in [-0.25, -0.2) is 0 Å². The summed E-state index contributed by atoms with van der Waals surface area (Å²) in [5, 5.41) is 7.62. The van der Waals surface area contributed by atoms with Gasteiger partial charge in [0.05, 0.1) is 16.3 Å². The monoisotopic (exact) mass is 365 g/mol. The second-order valence-electron chi connectivity index (χ2n) is 5.80. The number of nitrogens with zero attached hydrogens (tertiary/aromatic N) is 1. The number of carbonyl (C=O) groups excluding carboxylic acids is 2. The molecule has 2 N–H and O–H groups in total. The third-order valence-corrected chi connectivity index (χ3v) is 5.16. The standard InChI is InChI=1S/C19H15N3O3S/c1-2-22-14-8-4-3-7-12(14)17(23)15(19(22)25)16-13(18(24)21-20-16)10-11-6-5-9-26-11/h3-10,20H,2H2,1H3,(H,21,24)/b13-10-,16-15+. The smallest absolute Gasteiger partial charge is 0.271 e. The molecule has 0 radical (unpaired) electrons. The second-order valence-corrected chi connectivity index (χ2v) is 6.78. The number of thiophene rings is 1. The van der Waals surface area contributed by atoms with E-state index in [-0.39, 0.29) is 27.5 Å². The van der Waals surface area contributed by atoms with Crippen molar-refractivity contribution < 1.29 is 9.59 Å². The predicted molar refractivity (Wildman–Crippen MR) is 101 cm³/mol. The fourth-order valence-corrected chi connectivity index (χ4v) is 3.79. The quantitative estimate of drug-likeness (QED) is 0.710. The molecule has 3 aromatic rings. The molecule has 2 aromatic heterocycles. The first-order valence-electron chi connectivity index (χ1n) is 8.13. The Morgan fingerprint density at radius 3 is 2.62 bits per heavy atom. The first-order chi connectivity index (χ1) is 12.6. The molecule has 4 rings (SSSR count). The molecule has 0 unspecified atom stereocenters. The third-order valence-electron chi connectivity index (χ3n) is 4.34. The number of hydrogen-bond acceptors (Lipinski definition) is 4. The minimum absolute atomic E-state index is 0.0216. The lowest BCUT2D eigenvalue weighted by molar-refractivity contribution is -0.113. The van der Waals surface area contributed by atoms with Crippen LogP contribution < -0.4 is 21.0 Å². The summed E-state index contributed by atoms with van der Waals surface area (Å²) in [4.78, 5) is 40.7. The van der Waals surface area contributed by atoms with Gasteiger partial charge in [0.2, 0.25) is 5.78 Å². The molecule has 7 heteroatoms. The molecule has 3 heterocycles. The van der Waals surface area contributed by atoms with Crippen molar-refractivity contribution in [2.75, 3.05) is 11.4 Å². The fraction of sp³-hybridized carbons (Fsp3) is 0.105. The maximum atomic E-state index is 13.0. The number of carbonyl (C=O) groups is 2. The van der Waals surface area contributed by atoms with E-state index in [0.717, 1.165) is 4.88 Å². The van der Waals surface area contributed by atoms with E-state index in [1.807, 2.05) is 24.4 Å². The van der Waals surface area contributed by atoms with Crippen molar-refractivity contribution in [3.05, 3.63) is 73.1 Å². The lowest BCUT2D eigenvalue weighted by Crippen LogP contribution is -2.45. The van der Waals surface area contributed by atoms with Crippen LogP contribution in [0.25, 0.3) is 11.6 Å². The van der Waals surface area contributed by atoms with Gasteiger partial charge in [0.15, 0.2) is 0 Å². The van der Waals surface area contributed by atoms with Gasteiger partial charge in [-0.1, -0.05) is 18.2 Å². The molecule has 0 saturated heterocycles. The van der Waals surface area contributed by atoms with E-state index in [9.17, 15) is 14.4 Å². The molecule has 1 amide bonds. The molecule has 0 aliphatic carbocycles. The van der Waals surface area contributed by atoms with Crippen LogP contribution in [-0.2, 0) is 4.79 Å². The van der Waals surface area contributed by atoms with Crippen molar-refractivity contribution in [2.24, 2.45) is 0 Å². The van der Waals surface area contributed by atoms with Crippen molar-refractivity contribution in [3.8, 4) is 0 Å². The minimum Gasteiger partial charge on any atom is -0.308 e. The van der Waals surface area contributed by atoms with E-state index in [2.05, 4.69) is 10.2 Å². The number of anilines is 1. The molecular formula is C19H15N3O3S. The van der Waals surface area contributed by atoms with Crippen molar-refractivity contribution in [2.45, 2.75) is 6.92 Å². The molecular weight excluding hydrogens is 350 g/mol. The number of nitrogens with one attached hydrogen (secondary N) is 2. The number of fused-ring (bicyclic) bond motifs is 1. The van der Waals surface area contributed by atoms with E-state index in [0.29, 0.717) is 17.8 Å². The van der Waals surface area contributed by atoms with Gasteiger partial charge in [0.25, 0.3) is 11.5 Å². The first-order valence-corrected chi connectivity index (χ1v) is 9.01. The highest BCUT2D eigenvalue weighted by molar-refractivity contribution is 7.10. The van der Waals surface area contributed by atoms with Gasteiger partial charge in [0.1, 0.15) is 5.57 Å². The van der Waals surface area contributed by atoms with Gasteiger partial charge in [-0.15, -0.1) is 11.3 Å². The van der Waals surface area contributed by atoms with Gasteiger partial charge in [0, 0.05) is 17.0 Å². The molecule has 130 valence electrons. The summed E-state index contributed by atoms with van der Waals surface area (Å²) in [6.45, 7) is 2.27. The zero-order valence-corrected chi connectivity index (χ0v) is 14.7. The average Bonchev–Trinajstić information content (AvgIpc) is 3.28. The average molecular weight is 365 g/mol. The van der Waals surface area contributed by atoms with E-state index in [4.69, 9.17) is 0 Å². The number of benzene rings is 1. The second kappa shape index (κ2) is 6.27. The summed E-state index contributed by atoms with van der Waals surface area (Å²) >= 11 is 1.47. The Morgan fingerprint density at radius 2 is 1.88 bits per heavy atom. The molecule has 0 bridgehead atoms. The van der Waals surface area contributed by atoms with Crippen LogP contribution in [0.2, 0.25) is 0 Å². The van der Waals surface area contributed by atoms with Gasteiger partial charge >= 0.3 is 0 Å². The van der Waals surface area contributed by atoms with Crippen LogP contribution in [0.15, 0.2) is 46.6 Å². The van der Waals surface area contributed by atoms with Gasteiger partial charge in [-0.2, -0.15) is 0 Å². The molecule has 0 saturated carbocycles. The normalized spacial score (nSPS) is 17.0. The maximum absolute atomic E-state index is 13.0. The number of H-pyrrole nitrogens is 2. The minimum atomic E-state index is -0.410. The number of ketones is 1. The zero-order valence-electron chi connectivity index (χ0n) is 13.9. The number of rotatable bonds is 2. The predicted octanol–water partition coefficient (Wildman–Crippen LogP) is 0.993. The van der Waals surface area contributed by atoms with Crippen molar-refractivity contribution in [1.82, 2.24) is 10.2 Å². The topological polar surface area (TPSA) is 86.0 Å². The highest BCUT2D eigenvalue weighted by Crippen LogP contribution is 2.29. The van der Waals surface area contributed by atoms with Crippen LogP contribution in [0.1, 0.15) is 22.2 Å². The van der Waals surface area contributed by atoms with Crippen LogP contribution in [-0.4, -0.2) is 28.4 Å². The Balaban J connectivity index is 2.07. The highest BCUT2D eigenvalue weighted by atomic mass is 32.1. The summed E-state index contributed by atoms with van der Waals surface area (Å²) in [6.07, 6.45) is 1.68. The summed E-state index contributed by atoms with van der Waals surface area (Å²) in [5.41, 5.74) is 0.651. The molecule has 0 fully saturated rings. The molecule has 1 aromatic carbocycles. The van der Waals surface area contributed by atoms with Crippen LogP contribution in [0.3, 0.4) is 0 Å². The fourth-order valence-electron chi connectivity index (χ4n) is 3.13. The number of aromatic amines is 2. The molecule has 1 aliphatic heterocycles. The van der Waals surface area contributed by atoms with Crippen molar-refractivity contribution in [3.63, 3.8) is 0 Å². The lowest BCUT2D eigenvalue weighted by Gasteiger charge is -2.28. The molecule has 26 heavy (non-hydrogen) atoms. The Bertz CT molecular complexity index is 1190. The highest BCUT2D eigenvalue weighted by Gasteiger charge is 2.35. The van der Waals surface area contributed by atoms with E-state index in [1.54, 1.807) is 35.2 Å². The zero-order chi connectivity index (χ0) is 18.3. The van der Waals surface area contributed by atoms with Crippen LogP contribution >= 0.6 is 11.3 Å². The molecule has 6 nitrogen and oxygen atoms in total. The largest absolute Gasteiger partial charge is 0.308 e. The van der Waals surface area contributed by atoms with Crippen LogP contribution in [0.5, 0.6) is 0 Å². The number of Topliss-reactive ketones (excluding diaryl/α,β-unsaturated/α-hetero) is 1. The summed E-state index contributed by atoms with van der Waals surface area (Å²) in [6, 6.07) is 10.7. The first kappa shape index (κ1) is 16.3. The van der Waals surface area contributed by atoms with Gasteiger partial charge in [-0.05, 0) is 36.6 Å². The Morgan fingerprint density at radius 1 is 1.08 bits per heavy atom. The third kappa shape index (κ3) is 2.44. The van der Waals surface area contributed by atoms with Crippen LogP contribution in [0, 0.1) is 0 Å². The number of amides is 1. The molecule has 0 atom stereocenters. The van der Waals surface area contributed by atoms with Crippen molar-refractivity contribution >= 4 is 40.4 Å². The Labute approximate surface area is 152 Å². The molecule has 0 spiro atoms. The van der Waals surface area contributed by atoms with E-state index < -0.39 is 5.91 Å². The van der Waals surface area contributed by atoms with Gasteiger partial charge in [-0.3, -0.25) is 24.6 Å². The van der Waals surface area contributed by atoms with Crippen LogP contribution in [0.4, 0.5) is 5.69 Å². The number of aromatic nitrogens is 2. The van der Waals surface area contributed by atoms with Gasteiger partial charge < -0.3 is 4.90 Å². The summed E-state index contributed by atoms with van der Waals surface area (Å²) < 4.78 is 0. The van der Waals surface area contributed by atoms with E-state index in [1.165, 1.54) is 11.3 Å². The van der Waals surface area contributed by atoms with E-state index >= 15 is 0 Å².